The maximum Gasteiger partial charge on any atom is 0.255 e. The van der Waals surface area contributed by atoms with E-state index in [9.17, 15) is 14.3 Å². The highest BCUT2D eigenvalue weighted by Gasteiger charge is 2.19. The first-order chi connectivity index (χ1) is 11.9. The molecular weight excluding hydrogens is 389 g/mol. The first kappa shape index (κ1) is 19.4. The fourth-order valence-electron chi connectivity index (χ4n) is 2.50. The van der Waals surface area contributed by atoms with Gasteiger partial charge in [-0.2, -0.15) is 0 Å². The van der Waals surface area contributed by atoms with Crippen molar-refractivity contribution in [1.29, 1.82) is 0 Å². The molecule has 0 aliphatic heterocycles. The SMILES string of the molecule is CCOc1c(Br)cc(CO)cc1C(=O)N[C@@H](C)c1ccc(F)c(C)c1. The summed E-state index contributed by atoms with van der Waals surface area (Å²) >= 11 is 3.38. The fraction of sp³-hybridized carbons (Fsp3) is 0.316. The Balaban J connectivity index is 2.30. The van der Waals surface area contributed by atoms with Crippen LogP contribution in [0.3, 0.4) is 0 Å². The molecule has 0 aromatic heterocycles. The Labute approximate surface area is 155 Å². The molecule has 0 saturated heterocycles. The number of hydrogen-bond donors (Lipinski definition) is 2. The second kappa shape index (κ2) is 8.45. The van der Waals surface area contributed by atoms with E-state index in [2.05, 4.69) is 21.2 Å². The third-order valence-corrected chi connectivity index (χ3v) is 4.44. The fourth-order valence-corrected chi connectivity index (χ4v) is 3.12. The summed E-state index contributed by atoms with van der Waals surface area (Å²) in [5.74, 6) is -0.172. The summed E-state index contributed by atoms with van der Waals surface area (Å²) in [6, 6.07) is 7.77. The molecule has 0 aliphatic carbocycles. The van der Waals surface area contributed by atoms with Gasteiger partial charge in [0, 0.05) is 0 Å². The molecule has 0 heterocycles. The summed E-state index contributed by atoms with van der Waals surface area (Å²) in [7, 11) is 0. The third-order valence-electron chi connectivity index (χ3n) is 3.85. The first-order valence-corrected chi connectivity index (χ1v) is 8.79. The molecule has 1 amide bonds. The number of carbonyl (C=O) groups is 1. The van der Waals surface area contributed by atoms with Crippen LogP contribution in [0, 0.1) is 12.7 Å². The van der Waals surface area contributed by atoms with Gasteiger partial charge in [0.05, 0.1) is 29.3 Å². The average molecular weight is 410 g/mol. The number of ether oxygens (including phenoxy) is 1. The Morgan fingerprint density at radius 1 is 1.36 bits per heavy atom. The number of hydrogen-bond acceptors (Lipinski definition) is 3. The molecule has 6 heteroatoms. The zero-order valence-electron chi connectivity index (χ0n) is 14.4. The van der Waals surface area contributed by atoms with Crippen molar-refractivity contribution in [3.63, 3.8) is 0 Å². The molecule has 0 spiro atoms. The van der Waals surface area contributed by atoms with Gasteiger partial charge in [0.25, 0.3) is 5.91 Å². The van der Waals surface area contributed by atoms with Crippen LogP contribution in [0.25, 0.3) is 0 Å². The second-order valence-corrected chi connectivity index (χ2v) is 6.60. The lowest BCUT2D eigenvalue weighted by atomic mass is 10.0. The summed E-state index contributed by atoms with van der Waals surface area (Å²) in [6.07, 6.45) is 0. The van der Waals surface area contributed by atoms with Crippen molar-refractivity contribution in [2.45, 2.75) is 33.4 Å². The molecule has 134 valence electrons. The van der Waals surface area contributed by atoms with Crippen LogP contribution in [0.2, 0.25) is 0 Å². The van der Waals surface area contributed by atoms with E-state index in [4.69, 9.17) is 4.74 Å². The lowest BCUT2D eigenvalue weighted by molar-refractivity contribution is 0.0935. The first-order valence-electron chi connectivity index (χ1n) is 8.00. The second-order valence-electron chi connectivity index (χ2n) is 5.75. The Kier molecular flexibility index (Phi) is 6.56. The molecule has 4 nitrogen and oxygen atoms in total. The van der Waals surface area contributed by atoms with Gasteiger partial charge in [0.2, 0.25) is 0 Å². The molecule has 1 atom stereocenters. The average Bonchev–Trinajstić information content (AvgIpc) is 2.58. The van der Waals surface area contributed by atoms with Crippen LogP contribution in [0.1, 0.15) is 46.9 Å². The van der Waals surface area contributed by atoms with E-state index >= 15 is 0 Å². The molecule has 0 saturated carbocycles. The van der Waals surface area contributed by atoms with E-state index in [1.807, 2.05) is 13.8 Å². The standard InChI is InChI=1S/C19H21BrFNO3/c1-4-25-18-15(8-13(10-23)9-16(18)20)19(24)22-12(3)14-5-6-17(21)11(2)7-14/h5-9,12,23H,4,10H2,1-3H3,(H,22,24)/t12-/m0/s1. The van der Waals surface area contributed by atoms with Gasteiger partial charge in [-0.05, 0) is 71.6 Å². The van der Waals surface area contributed by atoms with Gasteiger partial charge in [-0.3, -0.25) is 4.79 Å². The lowest BCUT2D eigenvalue weighted by Crippen LogP contribution is -2.27. The number of halogens is 2. The Morgan fingerprint density at radius 3 is 2.68 bits per heavy atom. The Morgan fingerprint density at radius 2 is 2.08 bits per heavy atom. The highest BCUT2D eigenvalue weighted by molar-refractivity contribution is 9.10. The van der Waals surface area contributed by atoms with Crippen LogP contribution < -0.4 is 10.1 Å². The van der Waals surface area contributed by atoms with Crippen LogP contribution in [0.15, 0.2) is 34.8 Å². The highest BCUT2D eigenvalue weighted by atomic mass is 79.9. The van der Waals surface area contributed by atoms with Gasteiger partial charge in [-0.15, -0.1) is 0 Å². The number of aryl methyl sites for hydroxylation is 1. The molecule has 0 fully saturated rings. The number of rotatable bonds is 6. The van der Waals surface area contributed by atoms with Crippen molar-refractivity contribution in [2.24, 2.45) is 0 Å². The predicted octanol–water partition coefficient (Wildman–Crippen LogP) is 4.28. The summed E-state index contributed by atoms with van der Waals surface area (Å²) in [6.45, 7) is 5.57. The van der Waals surface area contributed by atoms with Crippen LogP contribution >= 0.6 is 15.9 Å². The van der Waals surface area contributed by atoms with Crippen molar-refractivity contribution in [3.8, 4) is 5.75 Å². The minimum absolute atomic E-state index is 0.183. The largest absolute Gasteiger partial charge is 0.492 e. The number of nitrogens with one attached hydrogen (secondary N) is 1. The van der Waals surface area contributed by atoms with E-state index in [1.165, 1.54) is 6.07 Å². The molecule has 2 rings (SSSR count). The summed E-state index contributed by atoms with van der Waals surface area (Å²) in [5, 5.41) is 12.3. The minimum Gasteiger partial charge on any atom is -0.492 e. The maximum absolute atomic E-state index is 13.4. The van der Waals surface area contributed by atoms with Crippen LogP contribution in [-0.2, 0) is 6.61 Å². The van der Waals surface area contributed by atoms with Crippen molar-refractivity contribution in [3.05, 3.63) is 62.9 Å². The quantitative estimate of drug-likeness (QED) is 0.748. The van der Waals surface area contributed by atoms with Crippen molar-refractivity contribution < 1.29 is 19.0 Å². The van der Waals surface area contributed by atoms with Gasteiger partial charge in [0.1, 0.15) is 11.6 Å². The minimum atomic E-state index is -0.325. The summed E-state index contributed by atoms with van der Waals surface area (Å²) in [4.78, 5) is 12.7. The molecule has 2 N–H and O–H groups in total. The molecule has 0 unspecified atom stereocenters. The summed E-state index contributed by atoms with van der Waals surface area (Å²) < 4.78 is 19.6. The molecule has 2 aromatic carbocycles. The van der Waals surface area contributed by atoms with Crippen molar-refractivity contribution >= 4 is 21.8 Å². The van der Waals surface area contributed by atoms with Crippen LogP contribution in [-0.4, -0.2) is 17.6 Å². The molecule has 0 radical (unpaired) electrons. The van der Waals surface area contributed by atoms with Gasteiger partial charge < -0.3 is 15.2 Å². The van der Waals surface area contributed by atoms with Gasteiger partial charge >= 0.3 is 0 Å². The number of benzene rings is 2. The molecule has 2 aromatic rings. The van der Waals surface area contributed by atoms with Gasteiger partial charge in [0.15, 0.2) is 0 Å². The zero-order valence-corrected chi connectivity index (χ0v) is 16.0. The number of aliphatic hydroxyl groups excluding tert-OH is 1. The number of aliphatic hydroxyl groups is 1. The van der Waals surface area contributed by atoms with E-state index < -0.39 is 0 Å². The molecular formula is C19H21BrFNO3. The Bertz CT molecular complexity index is 780. The van der Waals surface area contributed by atoms with Crippen LogP contribution in [0.4, 0.5) is 4.39 Å². The zero-order chi connectivity index (χ0) is 18.6. The lowest BCUT2D eigenvalue weighted by Gasteiger charge is -2.18. The van der Waals surface area contributed by atoms with E-state index in [1.54, 1.807) is 31.2 Å². The van der Waals surface area contributed by atoms with E-state index in [0.717, 1.165) is 5.56 Å². The van der Waals surface area contributed by atoms with Crippen LogP contribution in [0.5, 0.6) is 5.75 Å². The Hall–Kier alpha value is -1.92. The third kappa shape index (κ3) is 4.58. The monoisotopic (exact) mass is 409 g/mol. The normalized spacial score (nSPS) is 11.9. The van der Waals surface area contributed by atoms with E-state index in [-0.39, 0.29) is 24.4 Å². The maximum atomic E-state index is 13.4. The topological polar surface area (TPSA) is 58.6 Å². The predicted molar refractivity (Wildman–Crippen MR) is 98.3 cm³/mol. The number of amides is 1. The van der Waals surface area contributed by atoms with Gasteiger partial charge in [-0.1, -0.05) is 12.1 Å². The molecule has 25 heavy (non-hydrogen) atoms. The van der Waals surface area contributed by atoms with Gasteiger partial charge in [-0.25, -0.2) is 4.39 Å². The molecule has 0 aliphatic rings. The molecule has 0 bridgehead atoms. The number of carbonyl (C=O) groups excluding carboxylic acids is 1. The summed E-state index contributed by atoms with van der Waals surface area (Å²) in [5.41, 5.74) is 2.28. The van der Waals surface area contributed by atoms with E-state index in [0.29, 0.717) is 33.5 Å². The van der Waals surface area contributed by atoms with Crippen molar-refractivity contribution in [2.75, 3.05) is 6.61 Å². The highest BCUT2D eigenvalue weighted by Crippen LogP contribution is 2.31. The smallest absolute Gasteiger partial charge is 0.255 e. The van der Waals surface area contributed by atoms with Crippen molar-refractivity contribution in [1.82, 2.24) is 5.32 Å².